The SMILES string of the molecule is Cc1nn(C)cc1Nc1cccc(S(C)(=O)=O)c1N. The number of hydrogen-bond acceptors (Lipinski definition) is 5. The van der Waals surface area contributed by atoms with E-state index in [0.29, 0.717) is 5.69 Å². The van der Waals surface area contributed by atoms with Crippen molar-refractivity contribution < 1.29 is 8.42 Å². The molecule has 1 aromatic heterocycles. The van der Waals surface area contributed by atoms with Gasteiger partial charge in [0.05, 0.1) is 27.7 Å². The van der Waals surface area contributed by atoms with Gasteiger partial charge in [0.2, 0.25) is 0 Å². The molecule has 0 amide bonds. The van der Waals surface area contributed by atoms with Gasteiger partial charge < -0.3 is 11.1 Å². The van der Waals surface area contributed by atoms with Crippen molar-refractivity contribution in [1.29, 1.82) is 0 Å². The molecule has 0 aliphatic rings. The molecule has 6 nitrogen and oxygen atoms in total. The first kappa shape index (κ1) is 13.4. The number of hydrogen-bond donors (Lipinski definition) is 2. The number of nitrogens with two attached hydrogens (primary N) is 1. The van der Waals surface area contributed by atoms with E-state index in [1.807, 2.05) is 20.2 Å². The smallest absolute Gasteiger partial charge is 0.177 e. The van der Waals surface area contributed by atoms with E-state index in [-0.39, 0.29) is 10.6 Å². The number of nitrogens with one attached hydrogen (secondary N) is 1. The molecule has 0 radical (unpaired) electrons. The Morgan fingerprint density at radius 1 is 1.32 bits per heavy atom. The molecule has 2 aromatic rings. The first-order chi connectivity index (χ1) is 8.79. The average Bonchev–Trinajstić information content (AvgIpc) is 2.59. The van der Waals surface area contributed by atoms with Gasteiger partial charge in [-0.25, -0.2) is 8.42 Å². The van der Waals surface area contributed by atoms with Crippen molar-refractivity contribution in [3.8, 4) is 0 Å². The Morgan fingerprint density at radius 3 is 2.53 bits per heavy atom. The summed E-state index contributed by atoms with van der Waals surface area (Å²) in [6, 6.07) is 4.88. The molecule has 0 atom stereocenters. The van der Waals surface area contributed by atoms with Gasteiger partial charge in [-0.1, -0.05) is 6.07 Å². The Labute approximate surface area is 112 Å². The maximum Gasteiger partial charge on any atom is 0.177 e. The summed E-state index contributed by atoms with van der Waals surface area (Å²) in [6.45, 7) is 1.86. The van der Waals surface area contributed by atoms with Crippen molar-refractivity contribution >= 4 is 26.9 Å². The topological polar surface area (TPSA) is 90.0 Å². The third-order valence-electron chi connectivity index (χ3n) is 2.75. The summed E-state index contributed by atoms with van der Waals surface area (Å²) in [7, 11) is -1.53. The van der Waals surface area contributed by atoms with Gasteiger partial charge in [-0.3, -0.25) is 4.68 Å². The van der Waals surface area contributed by atoms with E-state index < -0.39 is 9.84 Å². The molecule has 0 aliphatic heterocycles. The van der Waals surface area contributed by atoms with E-state index in [0.717, 1.165) is 17.6 Å². The third kappa shape index (κ3) is 2.70. The van der Waals surface area contributed by atoms with Crippen molar-refractivity contribution in [2.24, 2.45) is 7.05 Å². The van der Waals surface area contributed by atoms with Crippen molar-refractivity contribution in [2.45, 2.75) is 11.8 Å². The minimum Gasteiger partial charge on any atom is -0.396 e. The zero-order valence-corrected chi connectivity index (χ0v) is 11.8. The second-order valence-electron chi connectivity index (χ2n) is 4.42. The van der Waals surface area contributed by atoms with E-state index in [9.17, 15) is 8.42 Å². The fraction of sp³-hybridized carbons (Fsp3) is 0.250. The number of sulfone groups is 1. The van der Waals surface area contributed by atoms with Gasteiger partial charge in [-0.15, -0.1) is 0 Å². The largest absolute Gasteiger partial charge is 0.396 e. The van der Waals surface area contributed by atoms with Gasteiger partial charge in [0, 0.05) is 19.5 Å². The van der Waals surface area contributed by atoms with Crippen LogP contribution >= 0.6 is 0 Å². The highest BCUT2D eigenvalue weighted by Crippen LogP contribution is 2.29. The van der Waals surface area contributed by atoms with Crippen LogP contribution in [0.4, 0.5) is 17.1 Å². The second-order valence-corrected chi connectivity index (χ2v) is 6.40. The summed E-state index contributed by atoms with van der Waals surface area (Å²) >= 11 is 0. The molecule has 0 spiro atoms. The van der Waals surface area contributed by atoms with Crippen molar-refractivity contribution in [1.82, 2.24) is 9.78 Å². The quantitative estimate of drug-likeness (QED) is 0.831. The van der Waals surface area contributed by atoms with Crippen LogP contribution in [0.15, 0.2) is 29.3 Å². The van der Waals surface area contributed by atoms with E-state index in [1.54, 1.807) is 16.8 Å². The molecule has 1 aromatic carbocycles. The standard InChI is InChI=1S/C12H16N4O2S/c1-8-10(7-16(2)15-8)14-9-5-4-6-11(12(9)13)19(3,17)18/h4-7,14H,13H2,1-3H3. The highest BCUT2D eigenvalue weighted by atomic mass is 32.2. The summed E-state index contributed by atoms with van der Waals surface area (Å²) in [5.74, 6) is 0. The van der Waals surface area contributed by atoms with E-state index in [1.165, 1.54) is 6.07 Å². The summed E-state index contributed by atoms with van der Waals surface area (Å²) in [5.41, 5.74) is 8.28. The lowest BCUT2D eigenvalue weighted by atomic mass is 10.2. The van der Waals surface area contributed by atoms with Gasteiger partial charge >= 0.3 is 0 Å². The molecule has 3 N–H and O–H groups in total. The molecule has 0 aliphatic carbocycles. The van der Waals surface area contributed by atoms with E-state index in [2.05, 4.69) is 10.4 Å². The van der Waals surface area contributed by atoms with Crippen LogP contribution in [-0.2, 0) is 16.9 Å². The Morgan fingerprint density at radius 2 is 2.00 bits per heavy atom. The number of nitrogens with zero attached hydrogens (tertiary/aromatic N) is 2. The zero-order chi connectivity index (χ0) is 14.2. The molecule has 1 heterocycles. The van der Waals surface area contributed by atoms with Crippen LogP contribution in [0, 0.1) is 6.92 Å². The van der Waals surface area contributed by atoms with Crippen molar-refractivity contribution in [2.75, 3.05) is 17.3 Å². The lowest BCUT2D eigenvalue weighted by Crippen LogP contribution is -2.05. The summed E-state index contributed by atoms with van der Waals surface area (Å²) < 4.78 is 24.9. The summed E-state index contributed by atoms with van der Waals surface area (Å²) in [6.07, 6.45) is 2.94. The monoisotopic (exact) mass is 280 g/mol. The van der Waals surface area contributed by atoms with Crippen LogP contribution in [0.25, 0.3) is 0 Å². The van der Waals surface area contributed by atoms with Crippen LogP contribution in [0.3, 0.4) is 0 Å². The van der Waals surface area contributed by atoms with Crippen LogP contribution in [0.2, 0.25) is 0 Å². The predicted octanol–water partition coefficient (Wildman–Crippen LogP) is 1.46. The van der Waals surface area contributed by atoms with Gasteiger partial charge in [-0.2, -0.15) is 5.10 Å². The normalized spacial score (nSPS) is 11.5. The Kier molecular flexibility index (Phi) is 3.23. The van der Waals surface area contributed by atoms with Crippen LogP contribution in [0.1, 0.15) is 5.69 Å². The minimum atomic E-state index is -3.34. The molecule has 0 saturated carbocycles. The number of para-hydroxylation sites is 1. The fourth-order valence-corrected chi connectivity index (χ4v) is 2.68. The number of benzene rings is 1. The molecule has 7 heteroatoms. The van der Waals surface area contributed by atoms with Gasteiger partial charge in [-0.05, 0) is 19.1 Å². The maximum atomic E-state index is 11.6. The lowest BCUT2D eigenvalue weighted by Gasteiger charge is -2.11. The number of rotatable bonds is 3. The fourth-order valence-electron chi connectivity index (χ4n) is 1.84. The zero-order valence-electron chi connectivity index (χ0n) is 11.0. The van der Waals surface area contributed by atoms with Crippen LogP contribution < -0.4 is 11.1 Å². The second kappa shape index (κ2) is 4.58. The molecule has 0 fully saturated rings. The minimum absolute atomic E-state index is 0.124. The average molecular weight is 280 g/mol. The Balaban J connectivity index is 2.45. The predicted molar refractivity (Wildman–Crippen MR) is 75.2 cm³/mol. The molecule has 0 saturated heterocycles. The number of nitrogen functional groups attached to an aromatic ring is 1. The molecule has 102 valence electrons. The third-order valence-corrected chi connectivity index (χ3v) is 3.90. The highest BCUT2D eigenvalue weighted by molar-refractivity contribution is 7.90. The number of aryl methyl sites for hydroxylation is 2. The molecular formula is C12H16N4O2S. The molecule has 0 unspecified atom stereocenters. The van der Waals surface area contributed by atoms with Crippen molar-refractivity contribution in [3.63, 3.8) is 0 Å². The Bertz CT molecular complexity index is 719. The van der Waals surface area contributed by atoms with Gasteiger partial charge in [0.25, 0.3) is 0 Å². The number of aromatic nitrogens is 2. The first-order valence-corrected chi connectivity index (χ1v) is 7.54. The highest BCUT2D eigenvalue weighted by Gasteiger charge is 2.15. The molecule has 0 bridgehead atoms. The molecule has 19 heavy (non-hydrogen) atoms. The number of anilines is 3. The Hall–Kier alpha value is -2.02. The maximum absolute atomic E-state index is 11.6. The summed E-state index contributed by atoms with van der Waals surface area (Å²) in [5, 5.41) is 7.30. The molecule has 2 rings (SSSR count). The lowest BCUT2D eigenvalue weighted by molar-refractivity contribution is 0.602. The molecular weight excluding hydrogens is 264 g/mol. The van der Waals surface area contributed by atoms with Gasteiger partial charge in [0.1, 0.15) is 0 Å². The van der Waals surface area contributed by atoms with E-state index in [4.69, 9.17) is 5.73 Å². The van der Waals surface area contributed by atoms with Gasteiger partial charge in [0.15, 0.2) is 9.84 Å². The van der Waals surface area contributed by atoms with Crippen molar-refractivity contribution in [3.05, 3.63) is 30.1 Å². The van der Waals surface area contributed by atoms with E-state index >= 15 is 0 Å². The van der Waals surface area contributed by atoms with Crippen LogP contribution in [0.5, 0.6) is 0 Å². The summed E-state index contributed by atoms with van der Waals surface area (Å²) in [4.78, 5) is 0.124. The van der Waals surface area contributed by atoms with Crippen LogP contribution in [-0.4, -0.2) is 24.5 Å². The first-order valence-electron chi connectivity index (χ1n) is 5.65.